The number of nitrogens with zero attached hydrogens (tertiary/aromatic N) is 2. The summed E-state index contributed by atoms with van der Waals surface area (Å²) in [6.45, 7) is 4.89. The minimum absolute atomic E-state index is 0.466. The van der Waals surface area contributed by atoms with E-state index in [1.54, 1.807) is 0 Å². The molecular formula is C17H22N2O. The van der Waals surface area contributed by atoms with E-state index in [1.807, 2.05) is 32.3 Å². The van der Waals surface area contributed by atoms with Gasteiger partial charge in [0.1, 0.15) is 0 Å². The molecule has 1 aromatic heterocycles. The van der Waals surface area contributed by atoms with Crippen molar-refractivity contribution in [1.29, 1.82) is 0 Å². The SMILES string of the molecule is CCC(O)c1ccc(N(C)Cc2ccc(C)cc2)cn1. The minimum Gasteiger partial charge on any atom is -0.387 e. The first-order valence-electron chi connectivity index (χ1n) is 7.01. The average Bonchev–Trinajstić information content (AvgIpc) is 2.49. The number of hydrogen-bond donors (Lipinski definition) is 1. The standard InChI is InChI=1S/C17H22N2O/c1-4-17(20)16-10-9-15(11-18-16)19(3)12-14-7-5-13(2)6-8-14/h5-11,17,20H,4,12H2,1-3H3. The van der Waals surface area contributed by atoms with E-state index in [1.165, 1.54) is 11.1 Å². The molecule has 0 aliphatic rings. The summed E-state index contributed by atoms with van der Waals surface area (Å²) >= 11 is 0. The molecular weight excluding hydrogens is 248 g/mol. The molecule has 1 unspecified atom stereocenters. The van der Waals surface area contributed by atoms with Crippen molar-refractivity contribution in [2.45, 2.75) is 32.9 Å². The number of pyridine rings is 1. The lowest BCUT2D eigenvalue weighted by Gasteiger charge is -2.19. The van der Waals surface area contributed by atoms with E-state index in [-0.39, 0.29) is 0 Å². The van der Waals surface area contributed by atoms with Crippen molar-refractivity contribution in [3.8, 4) is 0 Å². The first kappa shape index (κ1) is 14.5. The third kappa shape index (κ3) is 3.58. The van der Waals surface area contributed by atoms with Crippen LogP contribution in [0.25, 0.3) is 0 Å². The van der Waals surface area contributed by atoms with Crippen LogP contribution in [0.15, 0.2) is 42.6 Å². The maximum atomic E-state index is 9.74. The molecule has 0 radical (unpaired) electrons. The molecule has 0 spiro atoms. The van der Waals surface area contributed by atoms with Gasteiger partial charge in [0.25, 0.3) is 0 Å². The quantitative estimate of drug-likeness (QED) is 0.903. The van der Waals surface area contributed by atoms with Crippen LogP contribution in [0.5, 0.6) is 0 Å². The fourth-order valence-electron chi connectivity index (χ4n) is 2.09. The highest BCUT2D eigenvalue weighted by Gasteiger charge is 2.07. The van der Waals surface area contributed by atoms with Gasteiger partial charge in [0.15, 0.2) is 0 Å². The fraction of sp³-hybridized carbons (Fsp3) is 0.353. The molecule has 3 nitrogen and oxygen atoms in total. The number of rotatable bonds is 5. The van der Waals surface area contributed by atoms with Crippen LogP contribution < -0.4 is 4.90 Å². The Kier molecular flexibility index (Phi) is 4.74. The number of benzene rings is 1. The summed E-state index contributed by atoms with van der Waals surface area (Å²) in [5, 5.41) is 9.74. The molecule has 106 valence electrons. The molecule has 0 aliphatic carbocycles. The predicted molar refractivity (Wildman–Crippen MR) is 82.8 cm³/mol. The van der Waals surface area contributed by atoms with Crippen molar-refractivity contribution >= 4 is 5.69 Å². The van der Waals surface area contributed by atoms with E-state index in [0.717, 1.165) is 17.9 Å². The van der Waals surface area contributed by atoms with E-state index < -0.39 is 6.10 Å². The van der Waals surface area contributed by atoms with E-state index in [9.17, 15) is 5.11 Å². The van der Waals surface area contributed by atoms with Crippen molar-refractivity contribution in [2.24, 2.45) is 0 Å². The van der Waals surface area contributed by atoms with Crippen LogP contribution in [0.3, 0.4) is 0 Å². The van der Waals surface area contributed by atoms with E-state index in [0.29, 0.717) is 6.42 Å². The molecule has 2 aromatic rings. The minimum atomic E-state index is -0.466. The molecule has 0 saturated heterocycles. The van der Waals surface area contributed by atoms with Gasteiger partial charge in [-0.05, 0) is 31.0 Å². The normalized spacial score (nSPS) is 12.2. The number of aliphatic hydroxyl groups is 1. The van der Waals surface area contributed by atoms with Crippen LogP contribution >= 0.6 is 0 Å². The number of anilines is 1. The molecule has 0 saturated carbocycles. The lowest BCUT2D eigenvalue weighted by Crippen LogP contribution is -2.16. The Bertz CT molecular complexity index is 534. The van der Waals surface area contributed by atoms with Crippen molar-refractivity contribution in [3.63, 3.8) is 0 Å². The molecule has 1 N–H and O–H groups in total. The third-order valence-electron chi connectivity index (χ3n) is 3.48. The first-order chi connectivity index (χ1) is 9.60. The van der Waals surface area contributed by atoms with Gasteiger partial charge < -0.3 is 10.0 Å². The topological polar surface area (TPSA) is 36.4 Å². The molecule has 0 bridgehead atoms. The molecule has 20 heavy (non-hydrogen) atoms. The Hall–Kier alpha value is -1.87. The van der Waals surface area contributed by atoms with E-state index >= 15 is 0 Å². The average molecular weight is 270 g/mol. The van der Waals surface area contributed by atoms with Gasteiger partial charge in [0.2, 0.25) is 0 Å². The molecule has 1 aromatic carbocycles. The van der Waals surface area contributed by atoms with Crippen molar-refractivity contribution in [2.75, 3.05) is 11.9 Å². The van der Waals surface area contributed by atoms with E-state index in [4.69, 9.17) is 0 Å². The highest BCUT2D eigenvalue weighted by molar-refractivity contribution is 5.44. The highest BCUT2D eigenvalue weighted by Crippen LogP contribution is 2.19. The van der Waals surface area contributed by atoms with Crippen molar-refractivity contribution in [1.82, 2.24) is 4.98 Å². The molecule has 0 aliphatic heterocycles. The largest absolute Gasteiger partial charge is 0.387 e. The molecule has 1 heterocycles. The zero-order chi connectivity index (χ0) is 14.5. The second-order valence-electron chi connectivity index (χ2n) is 5.21. The Labute approximate surface area is 120 Å². The maximum absolute atomic E-state index is 9.74. The summed E-state index contributed by atoms with van der Waals surface area (Å²) in [5.74, 6) is 0. The van der Waals surface area contributed by atoms with Crippen LogP contribution in [0.2, 0.25) is 0 Å². The number of aliphatic hydroxyl groups excluding tert-OH is 1. The summed E-state index contributed by atoms with van der Waals surface area (Å²) in [7, 11) is 2.05. The van der Waals surface area contributed by atoms with Gasteiger partial charge in [-0.1, -0.05) is 36.8 Å². The van der Waals surface area contributed by atoms with Crippen molar-refractivity contribution < 1.29 is 5.11 Å². The van der Waals surface area contributed by atoms with Gasteiger partial charge in [-0.2, -0.15) is 0 Å². The summed E-state index contributed by atoms with van der Waals surface area (Å²) in [5.41, 5.74) is 4.34. The Morgan fingerprint density at radius 1 is 1.15 bits per heavy atom. The molecule has 2 rings (SSSR count). The van der Waals surface area contributed by atoms with Gasteiger partial charge in [-0.25, -0.2) is 0 Å². The Morgan fingerprint density at radius 2 is 1.85 bits per heavy atom. The van der Waals surface area contributed by atoms with E-state index in [2.05, 4.69) is 41.1 Å². The van der Waals surface area contributed by atoms with Crippen molar-refractivity contribution in [3.05, 3.63) is 59.4 Å². The Balaban J connectivity index is 2.05. The molecule has 0 fully saturated rings. The lowest BCUT2D eigenvalue weighted by molar-refractivity contribution is 0.169. The number of aromatic nitrogens is 1. The summed E-state index contributed by atoms with van der Waals surface area (Å²) < 4.78 is 0. The van der Waals surface area contributed by atoms with Crippen LogP contribution in [-0.2, 0) is 6.54 Å². The summed E-state index contributed by atoms with van der Waals surface area (Å²) in [6, 6.07) is 12.5. The van der Waals surface area contributed by atoms with Crippen LogP contribution in [0.1, 0.15) is 36.3 Å². The monoisotopic (exact) mass is 270 g/mol. The van der Waals surface area contributed by atoms with Gasteiger partial charge in [0.05, 0.1) is 23.7 Å². The molecule has 1 atom stereocenters. The number of aryl methyl sites for hydroxylation is 1. The third-order valence-corrected chi connectivity index (χ3v) is 3.48. The highest BCUT2D eigenvalue weighted by atomic mass is 16.3. The smallest absolute Gasteiger partial charge is 0.0957 e. The van der Waals surface area contributed by atoms with Gasteiger partial charge in [-0.3, -0.25) is 4.98 Å². The van der Waals surface area contributed by atoms with Crippen LogP contribution in [0.4, 0.5) is 5.69 Å². The van der Waals surface area contributed by atoms with Gasteiger partial charge in [-0.15, -0.1) is 0 Å². The van der Waals surface area contributed by atoms with Gasteiger partial charge >= 0.3 is 0 Å². The number of hydrogen-bond acceptors (Lipinski definition) is 3. The molecule has 3 heteroatoms. The second kappa shape index (κ2) is 6.53. The summed E-state index contributed by atoms with van der Waals surface area (Å²) in [6.07, 6.45) is 2.04. The zero-order valence-electron chi connectivity index (χ0n) is 12.4. The predicted octanol–water partition coefficient (Wildman–Crippen LogP) is 3.47. The molecule has 0 amide bonds. The fourth-order valence-corrected chi connectivity index (χ4v) is 2.09. The van der Waals surface area contributed by atoms with Crippen LogP contribution in [0, 0.1) is 6.92 Å². The second-order valence-corrected chi connectivity index (χ2v) is 5.21. The lowest BCUT2D eigenvalue weighted by atomic mass is 10.1. The van der Waals surface area contributed by atoms with Gasteiger partial charge in [0, 0.05) is 13.6 Å². The summed E-state index contributed by atoms with van der Waals surface area (Å²) in [4.78, 5) is 6.49. The van der Waals surface area contributed by atoms with Crippen LogP contribution in [-0.4, -0.2) is 17.1 Å². The zero-order valence-corrected chi connectivity index (χ0v) is 12.4. The maximum Gasteiger partial charge on any atom is 0.0957 e. The Morgan fingerprint density at radius 3 is 2.40 bits per heavy atom. The first-order valence-corrected chi connectivity index (χ1v) is 7.01.